The molecule has 0 bridgehead atoms. The summed E-state index contributed by atoms with van der Waals surface area (Å²) in [5.41, 5.74) is 9.69. The first kappa shape index (κ1) is 22.9. The van der Waals surface area contributed by atoms with Gasteiger partial charge in [-0.2, -0.15) is 0 Å². The van der Waals surface area contributed by atoms with Crippen LogP contribution < -0.4 is 9.64 Å². The second kappa shape index (κ2) is 9.18. The number of benzene rings is 5. The molecule has 0 atom stereocenters. The van der Waals surface area contributed by atoms with Crippen molar-refractivity contribution >= 4 is 33.2 Å². The summed E-state index contributed by atoms with van der Waals surface area (Å²) >= 11 is 0. The minimum absolute atomic E-state index is 0.936. The zero-order valence-corrected chi connectivity index (χ0v) is 21.7. The summed E-state index contributed by atoms with van der Waals surface area (Å²) in [6.07, 6.45) is 0. The van der Waals surface area contributed by atoms with E-state index in [0.29, 0.717) is 0 Å². The van der Waals surface area contributed by atoms with Crippen LogP contribution in [0.4, 0.5) is 11.4 Å². The van der Waals surface area contributed by atoms with Gasteiger partial charge in [0.2, 0.25) is 0 Å². The Morgan fingerprint density at radius 3 is 1.49 bits per heavy atom. The minimum Gasteiger partial charge on any atom is -0.453 e. The summed E-state index contributed by atoms with van der Waals surface area (Å²) in [4.78, 5) is 2.17. The Morgan fingerprint density at radius 2 is 0.973 bits per heavy atom. The molecule has 0 fully saturated rings. The highest BCUT2D eigenvalue weighted by Gasteiger charge is 2.21. The van der Waals surface area contributed by atoms with Crippen molar-refractivity contribution in [2.24, 2.45) is 0 Å². The predicted molar refractivity (Wildman–Crippen MR) is 156 cm³/mol. The third-order valence-electron chi connectivity index (χ3n) is 7.05. The van der Waals surface area contributed by atoms with E-state index in [1.165, 1.54) is 44.2 Å². The lowest BCUT2D eigenvalue weighted by atomic mass is 10.1. The predicted octanol–water partition coefficient (Wildman–Crippen LogP) is 9.27. The number of nitrogens with zero attached hydrogens (tertiary/aromatic N) is 2. The fraction of sp³-hybridized carbons (Fsp3) is 0.118. The molecule has 3 nitrogen and oxygen atoms in total. The first-order valence-corrected chi connectivity index (χ1v) is 12.7. The number of aryl methyl sites for hydroxylation is 3. The van der Waals surface area contributed by atoms with Gasteiger partial charge in [0.1, 0.15) is 0 Å². The normalized spacial score (nSPS) is 11.9. The molecule has 0 radical (unpaired) electrons. The van der Waals surface area contributed by atoms with Gasteiger partial charge in [0.25, 0.3) is 0 Å². The van der Waals surface area contributed by atoms with Crippen LogP contribution in [0.25, 0.3) is 27.5 Å². The molecule has 1 aromatic heterocycles. The van der Waals surface area contributed by atoms with E-state index >= 15 is 0 Å². The van der Waals surface area contributed by atoms with E-state index in [1.807, 2.05) is 0 Å². The van der Waals surface area contributed by atoms with Gasteiger partial charge in [0.05, 0.1) is 22.4 Å². The molecule has 0 amide bonds. The maximum absolute atomic E-state index is 5.97. The summed E-state index contributed by atoms with van der Waals surface area (Å²) in [7, 11) is 2.07. The summed E-state index contributed by atoms with van der Waals surface area (Å²) in [6.45, 7) is 6.28. The Kier molecular flexibility index (Phi) is 5.69. The standard InChI is InChI=1S/C19H15N.C15H15NO/c1-14-10-12-15(13-11-14)20-18-8-4-2-6-16(18)17-7-3-5-9-19(17)20;1-10-4-6-12-14(8-10)17-15-9-11(2)5-7-13(15)16(12)3/h2-13H,1H3;4-9H,1-3H3. The van der Waals surface area contributed by atoms with Crippen LogP contribution in [0.15, 0.2) is 109 Å². The highest BCUT2D eigenvalue weighted by Crippen LogP contribution is 2.46. The largest absolute Gasteiger partial charge is 0.453 e. The quantitative estimate of drug-likeness (QED) is 0.232. The van der Waals surface area contributed by atoms with Crippen LogP contribution >= 0.6 is 0 Å². The highest BCUT2D eigenvalue weighted by molar-refractivity contribution is 6.09. The average Bonchev–Trinajstić information content (AvgIpc) is 3.24. The van der Waals surface area contributed by atoms with E-state index in [-0.39, 0.29) is 0 Å². The lowest BCUT2D eigenvalue weighted by Gasteiger charge is -2.30. The molecular formula is C34H30N2O. The van der Waals surface area contributed by atoms with Crippen molar-refractivity contribution in [1.82, 2.24) is 4.57 Å². The smallest absolute Gasteiger partial charge is 0.151 e. The Hall–Kier alpha value is -4.50. The van der Waals surface area contributed by atoms with Crippen molar-refractivity contribution in [3.63, 3.8) is 0 Å². The van der Waals surface area contributed by atoms with E-state index in [1.54, 1.807) is 0 Å². The number of rotatable bonds is 1. The van der Waals surface area contributed by atoms with E-state index in [4.69, 9.17) is 4.74 Å². The zero-order chi connectivity index (χ0) is 25.5. The van der Waals surface area contributed by atoms with Crippen molar-refractivity contribution < 1.29 is 4.74 Å². The second-order valence-electron chi connectivity index (χ2n) is 9.81. The minimum atomic E-state index is 0.936. The van der Waals surface area contributed by atoms with Crippen molar-refractivity contribution in [1.29, 1.82) is 0 Å². The Morgan fingerprint density at radius 1 is 0.514 bits per heavy atom. The number of hydrogen-bond donors (Lipinski definition) is 0. The molecule has 182 valence electrons. The van der Waals surface area contributed by atoms with Crippen LogP contribution in [0.5, 0.6) is 11.5 Å². The lowest BCUT2D eigenvalue weighted by Crippen LogP contribution is -2.15. The maximum Gasteiger partial charge on any atom is 0.151 e. The van der Waals surface area contributed by atoms with Gasteiger partial charge in [0, 0.05) is 23.5 Å². The Labute approximate surface area is 218 Å². The van der Waals surface area contributed by atoms with Crippen LogP contribution in [0.3, 0.4) is 0 Å². The zero-order valence-electron chi connectivity index (χ0n) is 21.7. The number of hydrogen-bond acceptors (Lipinski definition) is 2. The van der Waals surface area contributed by atoms with Crippen LogP contribution in [-0.4, -0.2) is 11.6 Å². The molecule has 6 aromatic rings. The van der Waals surface area contributed by atoms with Crippen LogP contribution in [0.1, 0.15) is 16.7 Å². The molecular weight excluding hydrogens is 452 g/mol. The maximum atomic E-state index is 5.97. The first-order chi connectivity index (χ1) is 18.0. The number of para-hydroxylation sites is 2. The molecule has 0 saturated heterocycles. The highest BCUT2D eigenvalue weighted by atomic mass is 16.5. The third-order valence-corrected chi connectivity index (χ3v) is 7.05. The van der Waals surface area contributed by atoms with Gasteiger partial charge in [-0.15, -0.1) is 0 Å². The topological polar surface area (TPSA) is 17.4 Å². The van der Waals surface area contributed by atoms with E-state index in [2.05, 4.69) is 146 Å². The van der Waals surface area contributed by atoms with Crippen molar-refractivity contribution in [2.45, 2.75) is 20.8 Å². The molecule has 0 N–H and O–H groups in total. The molecule has 7 rings (SSSR count). The van der Waals surface area contributed by atoms with Gasteiger partial charge >= 0.3 is 0 Å². The van der Waals surface area contributed by atoms with Gasteiger partial charge in [-0.1, -0.05) is 66.2 Å². The Bertz CT molecular complexity index is 1640. The molecule has 37 heavy (non-hydrogen) atoms. The molecule has 0 saturated carbocycles. The monoisotopic (exact) mass is 482 g/mol. The third kappa shape index (κ3) is 4.13. The Balaban J connectivity index is 0.000000138. The van der Waals surface area contributed by atoms with Gasteiger partial charge in [-0.05, 0) is 80.4 Å². The number of aromatic nitrogens is 1. The fourth-order valence-electron chi connectivity index (χ4n) is 5.10. The molecule has 0 spiro atoms. The molecule has 3 heteroatoms. The van der Waals surface area contributed by atoms with Gasteiger partial charge in [-0.3, -0.25) is 0 Å². The SMILES string of the molecule is Cc1ccc(-n2c3ccccc3c3ccccc32)cc1.Cc1ccc2c(c1)Oc1cc(C)ccc1N2C. The van der Waals surface area contributed by atoms with Gasteiger partial charge < -0.3 is 14.2 Å². The molecule has 2 heterocycles. The summed E-state index contributed by atoms with van der Waals surface area (Å²) in [5, 5.41) is 2.62. The van der Waals surface area contributed by atoms with Crippen LogP contribution in [0, 0.1) is 20.8 Å². The summed E-state index contributed by atoms with van der Waals surface area (Å²) < 4.78 is 8.31. The van der Waals surface area contributed by atoms with E-state index in [9.17, 15) is 0 Å². The van der Waals surface area contributed by atoms with E-state index in [0.717, 1.165) is 22.9 Å². The number of anilines is 2. The number of ether oxygens (including phenoxy) is 1. The molecule has 1 aliphatic heterocycles. The van der Waals surface area contributed by atoms with Crippen LogP contribution in [0.2, 0.25) is 0 Å². The van der Waals surface area contributed by atoms with Crippen molar-refractivity contribution in [3.8, 4) is 17.2 Å². The van der Waals surface area contributed by atoms with Gasteiger partial charge in [0.15, 0.2) is 11.5 Å². The van der Waals surface area contributed by atoms with Crippen molar-refractivity contribution in [2.75, 3.05) is 11.9 Å². The van der Waals surface area contributed by atoms with Gasteiger partial charge in [-0.25, -0.2) is 0 Å². The fourth-order valence-corrected chi connectivity index (χ4v) is 5.10. The van der Waals surface area contributed by atoms with E-state index < -0.39 is 0 Å². The number of fused-ring (bicyclic) bond motifs is 5. The van der Waals surface area contributed by atoms with Crippen LogP contribution in [-0.2, 0) is 0 Å². The second-order valence-corrected chi connectivity index (χ2v) is 9.81. The molecule has 0 unspecified atom stereocenters. The average molecular weight is 483 g/mol. The lowest BCUT2D eigenvalue weighted by molar-refractivity contribution is 0.475. The first-order valence-electron chi connectivity index (χ1n) is 12.7. The molecule has 1 aliphatic rings. The molecule has 0 aliphatic carbocycles. The van der Waals surface area contributed by atoms with Crippen molar-refractivity contribution in [3.05, 3.63) is 126 Å². The molecule has 5 aromatic carbocycles. The summed E-state index contributed by atoms with van der Waals surface area (Å²) in [6, 6.07) is 38.5. The summed E-state index contributed by atoms with van der Waals surface area (Å²) in [5.74, 6) is 1.87.